The molecule has 2 nitrogen and oxygen atoms in total. The minimum absolute atomic E-state index is 0.0450. The van der Waals surface area contributed by atoms with Crippen LogP contribution in [0.1, 0.15) is 64.2 Å². The van der Waals surface area contributed by atoms with Gasteiger partial charge in [-0.1, -0.05) is 0 Å². The van der Waals surface area contributed by atoms with Gasteiger partial charge in [-0.15, -0.1) is 0 Å². The molecular formula is C16H27F3N2. The highest BCUT2D eigenvalue weighted by Crippen LogP contribution is 2.61. The predicted molar refractivity (Wildman–Crippen MR) is 76.2 cm³/mol. The van der Waals surface area contributed by atoms with Gasteiger partial charge in [-0.05, 0) is 81.0 Å². The molecule has 0 heterocycles. The van der Waals surface area contributed by atoms with Gasteiger partial charge in [0, 0.05) is 12.5 Å². The fourth-order valence-corrected chi connectivity index (χ4v) is 5.86. The molecular weight excluding hydrogens is 277 g/mol. The van der Waals surface area contributed by atoms with Crippen molar-refractivity contribution in [3.63, 3.8) is 0 Å². The summed E-state index contributed by atoms with van der Waals surface area (Å²) in [5.74, 6) is 8.26. The van der Waals surface area contributed by atoms with E-state index in [1.807, 2.05) is 0 Å². The van der Waals surface area contributed by atoms with Gasteiger partial charge in [0.15, 0.2) is 0 Å². The number of alkyl halides is 3. The SMILES string of the molecule is NNC(CCCC(F)(F)F)CC12CC3CC(CC(C3)C1)C2. The highest BCUT2D eigenvalue weighted by molar-refractivity contribution is 5.02. The first-order valence-electron chi connectivity index (χ1n) is 8.40. The van der Waals surface area contributed by atoms with Crippen LogP contribution in [0.5, 0.6) is 0 Å². The second kappa shape index (κ2) is 5.73. The van der Waals surface area contributed by atoms with Gasteiger partial charge in [-0.25, -0.2) is 0 Å². The van der Waals surface area contributed by atoms with Crippen LogP contribution in [0.15, 0.2) is 0 Å². The summed E-state index contributed by atoms with van der Waals surface area (Å²) in [6.45, 7) is 0. The van der Waals surface area contributed by atoms with Gasteiger partial charge in [-0.2, -0.15) is 13.2 Å². The van der Waals surface area contributed by atoms with Crippen molar-refractivity contribution in [2.45, 2.75) is 76.4 Å². The molecule has 4 aliphatic carbocycles. The van der Waals surface area contributed by atoms with Crippen molar-refractivity contribution >= 4 is 0 Å². The minimum Gasteiger partial charge on any atom is -0.271 e. The fourth-order valence-electron chi connectivity index (χ4n) is 5.86. The van der Waals surface area contributed by atoms with Crippen molar-refractivity contribution in [3.05, 3.63) is 0 Å². The molecule has 21 heavy (non-hydrogen) atoms. The Morgan fingerprint density at radius 3 is 2.00 bits per heavy atom. The van der Waals surface area contributed by atoms with Gasteiger partial charge >= 0.3 is 6.18 Å². The van der Waals surface area contributed by atoms with Crippen LogP contribution in [-0.4, -0.2) is 12.2 Å². The summed E-state index contributed by atoms with van der Waals surface area (Å²) in [6.07, 6.45) is 5.03. The molecule has 0 amide bonds. The molecule has 0 saturated heterocycles. The number of hydrazine groups is 1. The van der Waals surface area contributed by atoms with E-state index in [0.29, 0.717) is 11.8 Å². The van der Waals surface area contributed by atoms with Crippen molar-refractivity contribution in [3.8, 4) is 0 Å². The Morgan fingerprint density at radius 2 is 1.57 bits per heavy atom. The van der Waals surface area contributed by atoms with E-state index in [9.17, 15) is 13.2 Å². The number of nitrogens with two attached hydrogens (primary N) is 1. The number of hydrogen-bond acceptors (Lipinski definition) is 2. The molecule has 3 N–H and O–H groups in total. The van der Waals surface area contributed by atoms with E-state index in [0.717, 1.165) is 24.2 Å². The standard InChI is InChI=1S/C16H27F3N2/c17-16(18,19)3-1-2-14(21-20)10-15-7-11-4-12(8-15)6-13(5-11)9-15/h11-14,21H,1-10,20H2. The molecule has 0 aromatic carbocycles. The Hall–Kier alpha value is -0.290. The second-order valence-corrected chi connectivity index (χ2v) is 7.99. The molecule has 0 spiro atoms. The van der Waals surface area contributed by atoms with Crippen LogP contribution >= 0.6 is 0 Å². The van der Waals surface area contributed by atoms with Gasteiger partial charge in [-0.3, -0.25) is 11.3 Å². The predicted octanol–water partition coefficient (Wildman–Crippen LogP) is 4.16. The Kier molecular flexibility index (Phi) is 4.25. The molecule has 4 aliphatic rings. The molecule has 0 aromatic rings. The largest absolute Gasteiger partial charge is 0.389 e. The van der Waals surface area contributed by atoms with Gasteiger partial charge < -0.3 is 0 Å². The summed E-state index contributed by atoms with van der Waals surface area (Å²) in [5, 5.41) is 0. The lowest BCUT2D eigenvalue weighted by molar-refractivity contribution is -0.136. The van der Waals surface area contributed by atoms with Gasteiger partial charge in [0.2, 0.25) is 0 Å². The van der Waals surface area contributed by atoms with E-state index in [1.54, 1.807) is 0 Å². The van der Waals surface area contributed by atoms with E-state index < -0.39 is 12.6 Å². The lowest BCUT2D eigenvalue weighted by Crippen LogP contribution is -2.49. The average Bonchev–Trinajstić information content (AvgIpc) is 2.34. The lowest BCUT2D eigenvalue weighted by atomic mass is 9.48. The average molecular weight is 304 g/mol. The number of hydrogen-bond donors (Lipinski definition) is 2. The van der Waals surface area contributed by atoms with E-state index in [2.05, 4.69) is 5.43 Å². The first kappa shape index (κ1) is 15.6. The molecule has 4 saturated carbocycles. The minimum atomic E-state index is -4.04. The topological polar surface area (TPSA) is 38.0 Å². The van der Waals surface area contributed by atoms with Crippen LogP contribution in [0.2, 0.25) is 0 Å². The quantitative estimate of drug-likeness (QED) is 0.571. The fraction of sp³-hybridized carbons (Fsp3) is 1.00. The summed E-state index contributed by atoms with van der Waals surface area (Å²) in [7, 11) is 0. The first-order valence-corrected chi connectivity index (χ1v) is 8.40. The van der Waals surface area contributed by atoms with Crippen LogP contribution in [0.4, 0.5) is 13.2 Å². The molecule has 5 heteroatoms. The summed E-state index contributed by atoms with van der Waals surface area (Å²) >= 11 is 0. The van der Waals surface area contributed by atoms with Gasteiger partial charge in [0.25, 0.3) is 0 Å². The molecule has 4 bridgehead atoms. The number of rotatable bonds is 6. The van der Waals surface area contributed by atoms with Crippen LogP contribution in [-0.2, 0) is 0 Å². The van der Waals surface area contributed by atoms with E-state index in [4.69, 9.17) is 5.84 Å². The molecule has 0 aromatic heterocycles. The second-order valence-electron chi connectivity index (χ2n) is 7.99. The van der Waals surface area contributed by atoms with E-state index in [1.165, 1.54) is 38.5 Å². The van der Waals surface area contributed by atoms with Crippen molar-refractivity contribution < 1.29 is 13.2 Å². The normalized spacial score (nSPS) is 39.7. The van der Waals surface area contributed by atoms with E-state index in [-0.39, 0.29) is 12.5 Å². The van der Waals surface area contributed by atoms with Crippen molar-refractivity contribution in [1.29, 1.82) is 0 Å². The molecule has 0 aliphatic heterocycles. The summed E-state index contributed by atoms with van der Waals surface area (Å²) < 4.78 is 36.8. The summed E-state index contributed by atoms with van der Waals surface area (Å²) in [4.78, 5) is 0. The monoisotopic (exact) mass is 304 g/mol. The maximum atomic E-state index is 12.3. The summed E-state index contributed by atoms with van der Waals surface area (Å²) in [5.41, 5.74) is 3.17. The Morgan fingerprint density at radius 1 is 1.05 bits per heavy atom. The number of halogens is 3. The van der Waals surface area contributed by atoms with Crippen molar-refractivity contribution in [1.82, 2.24) is 5.43 Å². The molecule has 1 atom stereocenters. The molecule has 0 radical (unpaired) electrons. The molecule has 4 rings (SSSR count). The lowest BCUT2D eigenvalue weighted by Gasteiger charge is -2.57. The zero-order valence-corrected chi connectivity index (χ0v) is 12.6. The van der Waals surface area contributed by atoms with Crippen LogP contribution in [0.25, 0.3) is 0 Å². The summed E-state index contributed by atoms with van der Waals surface area (Å²) in [6, 6.07) is 0.0450. The third-order valence-corrected chi connectivity index (χ3v) is 6.09. The Balaban J connectivity index is 1.54. The van der Waals surface area contributed by atoms with Gasteiger partial charge in [0.05, 0.1) is 0 Å². The maximum absolute atomic E-state index is 12.3. The van der Waals surface area contributed by atoms with Crippen molar-refractivity contribution in [2.24, 2.45) is 29.0 Å². The highest BCUT2D eigenvalue weighted by Gasteiger charge is 2.51. The Labute approximate surface area is 125 Å². The molecule has 1 unspecified atom stereocenters. The first-order chi connectivity index (χ1) is 9.87. The zero-order valence-electron chi connectivity index (χ0n) is 12.6. The van der Waals surface area contributed by atoms with Gasteiger partial charge in [0.1, 0.15) is 0 Å². The smallest absolute Gasteiger partial charge is 0.271 e. The van der Waals surface area contributed by atoms with Crippen molar-refractivity contribution in [2.75, 3.05) is 0 Å². The number of nitrogens with one attached hydrogen (secondary N) is 1. The molecule has 4 fully saturated rings. The van der Waals surface area contributed by atoms with Crippen LogP contribution < -0.4 is 11.3 Å². The molecule has 122 valence electrons. The maximum Gasteiger partial charge on any atom is 0.389 e. The highest BCUT2D eigenvalue weighted by atomic mass is 19.4. The zero-order chi connectivity index (χ0) is 15.1. The third kappa shape index (κ3) is 3.73. The Bertz CT molecular complexity index is 332. The van der Waals surface area contributed by atoms with E-state index >= 15 is 0 Å². The third-order valence-electron chi connectivity index (χ3n) is 6.09. The van der Waals surface area contributed by atoms with Crippen LogP contribution in [0.3, 0.4) is 0 Å². The van der Waals surface area contributed by atoms with Crippen LogP contribution in [0, 0.1) is 23.2 Å².